The Morgan fingerprint density at radius 2 is 0.478 bits per heavy atom. The molecule has 18 aromatic rings. The standard InChI is InChI=1S/C48H32N2S.C36H24N2S/c1-3-11-33(12-4-1)34-19-25-38(26-20-34)49(37-13-5-2-6-14-37)39-27-21-35(22-28-39)36-23-29-40(30-24-36)50-45-17-9-7-15-41(45)43-31-44-42-16-8-10-18-47(42)51-48(44)32-46(43)50;1-3-11-25(12-4-1)37(26-13-5-2-6-14-26)27-19-21-28(22-20-27)38-33-17-9-7-15-29(33)31-23-32-30-16-8-10-18-35(30)39-36(32)24-34(31)38/h1-32H;1-24H. The van der Waals surface area contributed by atoms with Crippen molar-refractivity contribution in [1.29, 1.82) is 0 Å². The average Bonchev–Trinajstić information content (AvgIpc) is 1.67. The smallest absolute Gasteiger partial charge is 0.0555 e. The van der Waals surface area contributed by atoms with Crippen molar-refractivity contribution in [1.82, 2.24) is 9.13 Å². The summed E-state index contributed by atoms with van der Waals surface area (Å²) in [5.41, 5.74) is 18.8. The quantitative estimate of drug-likeness (QED) is 0.136. The third-order valence-electron chi connectivity index (χ3n) is 17.6. The molecule has 0 N–H and O–H groups in total. The minimum Gasteiger partial charge on any atom is -0.311 e. The summed E-state index contributed by atoms with van der Waals surface area (Å²) in [7, 11) is 0. The highest BCUT2D eigenvalue weighted by atomic mass is 32.1. The van der Waals surface area contributed by atoms with Gasteiger partial charge < -0.3 is 18.9 Å². The van der Waals surface area contributed by atoms with E-state index in [1.54, 1.807) is 0 Å². The Morgan fingerprint density at radius 3 is 0.878 bits per heavy atom. The monoisotopic (exact) mass is 1180 g/mol. The number of hydrogen-bond acceptors (Lipinski definition) is 4. The zero-order chi connectivity index (χ0) is 59.5. The summed E-state index contributed by atoms with van der Waals surface area (Å²) in [6.07, 6.45) is 0. The van der Waals surface area contributed by atoms with Crippen molar-refractivity contribution in [3.8, 4) is 33.6 Å². The van der Waals surface area contributed by atoms with Gasteiger partial charge in [-0.3, -0.25) is 0 Å². The summed E-state index contributed by atoms with van der Waals surface area (Å²) in [4.78, 5) is 4.62. The molecule has 90 heavy (non-hydrogen) atoms. The molecule has 6 heteroatoms. The molecule has 4 aromatic heterocycles. The van der Waals surface area contributed by atoms with E-state index >= 15 is 0 Å². The third-order valence-corrected chi connectivity index (χ3v) is 19.8. The molecule has 14 aromatic carbocycles. The van der Waals surface area contributed by atoms with Gasteiger partial charge in [-0.05, 0) is 168 Å². The van der Waals surface area contributed by atoms with Crippen LogP contribution in [0.15, 0.2) is 340 Å². The lowest BCUT2D eigenvalue weighted by atomic mass is 10.0. The van der Waals surface area contributed by atoms with Crippen LogP contribution in [0.2, 0.25) is 0 Å². The number of anilines is 6. The minimum absolute atomic E-state index is 1.12. The van der Waals surface area contributed by atoms with E-state index in [0.717, 1.165) is 45.5 Å². The van der Waals surface area contributed by atoms with Gasteiger partial charge in [0.2, 0.25) is 0 Å². The van der Waals surface area contributed by atoms with Crippen LogP contribution in [-0.2, 0) is 0 Å². The molecule has 0 aliphatic rings. The number of para-hydroxylation sites is 5. The van der Waals surface area contributed by atoms with Crippen LogP contribution in [-0.4, -0.2) is 9.13 Å². The molecule has 0 unspecified atom stereocenters. The Bertz CT molecular complexity index is 5580. The van der Waals surface area contributed by atoms with Gasteiger partial charge in [-0.15, -0.1) is 22.7 Å². The van der Waals surface area contributed by atoms with E-state index in [9.17, 15) is 0 Å². The topological polar surface area (TPSA) is 16.3 Å². The number of rotatable bonds is 10. The summed E-state index contributed by atoms with van der Waals surface area (Å²) >= 11 is 3.74. The summed E-state index contributed by atoms with van der Waals surface area (Å²) in [5, 5.41) is 10.5. The first-order valence-electron chi connectivity index (χ1n) is 30.5. The fraction of sp³-hybridized carbons (Fsp3) is 0. The SMILES string of the molecule is c1ccc(-c2ccc(N(c3ccccc3)c3ccc(-c4ccc(-n5c6ccccc6c6cc7c(cc65)sc5ccccc57)cc4)cc3)cc2)cc1.c1ccc(N(c2ccccc2)c2ccc(-n3c4ccccc4c4cc5c(cc43)sc3ccccc35)cc2)cc1. The minimum atomic E-state index is 1.12. The molecule has 424 valence electrons. The molecule has 0 bridgehead atoms. The molecule has 0 spiro atoms. The van der Waals surface area contributed by atoms with Gasteiger partial charge in [-0.1, -0.05) is 194 Å². The van der Waals surface area contributed by atoms with E-state index in [0.29, 0.717) is 0 Å². The molecule has 4 nitrogen and oxygen atoms in total. The Hall–Kier alpha value is -11.3. The Balaban J connectivity index is 0.000000144. The lowest BCUT2D eigenvalue weighted by Gasteiger charge is -2.26. The maximum absolute atomic E-state index is 2.42. The Morgan fingerprint density at radius 1 is 0.189 bits per heavy atom. The van der Waals surface area contributed by atoms with Crippen LogP contribution in [0, 0.1) is 0 Å². The van der Waals surface area contributed by atoms with Crippen molar-refractivity contribution < 1.29 is 0 Å². The molecule has 0 saturated heterocycles. The molecular weight excluding hydrogens is 1130 g/mol. The van der Waals surface area contributed by atoms with Crippen molar-refractivity contribution >= 4 is 141 Å². The van der Waals surface area contributed by atoms with Gasteiger partial charge in [0, 0.05) is 107 Å². The van der Waals surface area contributed by atoms with Crippen LogP contribution in [0.1, 0.15) is 0 Å². The highest BCUT2D eigenvalue weighted by Gasteiger charge is 2.20. The van der Waals surface area contributed by atoms with E-state index in [2.05, 4.69) is 359 Å². The van der Waals surface area contributed by atoms with Crippen LogP contribution < -0.4 is 9.80 Å². The van der Waals surface area contributed by atoms with Crippen molar-refractivity contribution in [3.05, 3.63) is 340 Å². The highest BCUT2D eigenvalue weighted by Crippen LogP contribution is 2.44. The molecule has 0 radical (unpaired) electrons. The van der Waals surface area contributed by atoms with Gasteiger partial charge in [0.1, 0.15) is 0 Å². The predicted octanol–water partition coefficient (Wildman–Crippen LogP) is 24.6. The maximum atomic E-state index is 2.42. The molecule has 0 saturated carbocycles. The van der Waals surface area contributed by atoms with Gasteiger partial charge in [0.25, 0.3) is 0 Å². The summed E-state index contributed by atoms with van der Waals surface area (Å²) < 4.78 is 10.1. The second kappa shape index (κ2) is 22.5. The molecule has 0 amide bonds. The molecule has 0 aliphatic carbocycles. The number of fused-ring (bicyclic) bond motifs is 12. The fourth-order valence-corrected chi connectivity index (χ4v) is 15.6. The lowest BCUT2D eigenvalue weighted by molar-refractivity contribution is 1.17. The first-order chi connectivity index (χ1) is 44.6. The summed E-state index contributed by atoms with van der Waals surface area (Å²) in [6, 6.07) is 123. The first-order valence-corrected chi connectivity index (χ1v) is 32.2. The third kappa shape index (κ3) is 9.37. The van der Waals surface area contributed by atoms with E-state index in [1.165, 1.54) is 106 Å². The van der Waals surface area contributed by atoms with Crippen LogP contribution in [0.3, 0.4) is 0 Å². The van der Waals surface area contributed by atoms with Crippen LogP contribution >= 0.6 is 22.7 Å². The fourth-order valence-electron chi connectivity index (χ4n) is 13.3. The number of benzene rings is 14. The zero-order valence-corrected chi connectivity index (χ0v) is 50.6. The molecule has 0 aliphatic heterocycles. The Kier molecular flexibility index (Phi) is 13.2. The van der Waals surface area contributed by atoms with Gasteiger partial charge >= 0.3 is 0 Å². The molecule has 0 atom stereocenters. The number of hydrogen-bond donors (Lipinski definition) is 0. The lowest BCUT2D eigenvalue weighted by Crippen LogP contribution is -2.09. The van der Waals surface area contributed by atoms with Crippen molar-refractivity contribution in [3.63, 3.8) is 0 Å². The van der Waals surface area contributed by atoms with Gasteiger partial charge in [-0.2, -0.15) is 0 Å². The molecule has 0 fully saturated rings. The van der Waals surface area contributed by atoms with Crippen LogP contribution in [0.4, 0.5) is 34.1 Å². The number of aromatic nitrogens is 2. The number of nitrogens with zero attached hydrogens (tertiary/aromatic N) is 4. The molecule has 18 rings (SSSR count). The van der Waals surface area contributed by atoms with E-state index in [-0.39, 0.29) is 0 Å². The van der Waals surface area contributed by atoms with Gasteiger partial charge in [0.05, 0.1) is 22.1 Å². The zero-order valence-electron chi connectivity index (χ0n) is 48.9. The molecule has 4 heterocycles. The second-order valence-electron chi connectivity index (χ2n) is 22.8. The second-order valence-corrected chi connectivity index (χ2v) is 25.0. The largest absolute Gasteiger partial charge is 0.311 e. The highest BCUT2D eigenvalue weighted by molar-refractivity contribution is 7.26. The van der Waals surface area contributed by atoms with Crippen LogP contribution in [0.5, 0.6) is 0 Å². The molecular formula is C84H56N4S2. The van der Waals surface area contributed by atoms with Crippen LogP contribution in [0.25, 0.3) is 118 Å². The van der Waals surface area contributed by atoms with Gasteiger partial charge in [-0.25, -0.2) is 0 Å². The maximum Gasteiger partial charge on any atom is 0.0555 e. The summed E-state index contributed by atoms with van der Waals surface area (Å²) in [6.45, 7) is 0. The normalized spacial score (nSPS) is 11.6. The predicted molar refractivity (Wildman–Crippen MR) is 388 cm³/mol. The Labute approximate surface area is 529 Å². The summed E-state index contributed by atoms with van der Waals surface area (Å²) in [5.74, 6) is 0. The number of thiophene rings is 2. The van der Waals surface area contributed by atoms with E-state index < -0.39 is 0 Å². The van der Waals surface area contributed by atoms with Gasteiger partial charge in [0.15, 0.2) is 0 Å². The van der Waals surface area contributed by atoms with E-state index in [1.807, 2.05) is 22.7 Å². The van der Waals surface area contributed by atoms with Crippen molar-refractivity contribution in [2.75, 3.05) is 9.80 Å². The first kappa shape index (κ1) is 53.0. The van der Waals surface area contributed by atoms with Crippen molar-refractivity contribution in [2.24, 2.45) is 0 Å². The van der Waals surface area contributed by atoms with Crippen molar-refractivity contribution in [2.45, 2.75) is 0 Å². The average molecular weight is 1190 g/mol. The van der Waals surface area contributed by atoms with E-state index in [4.69, 9.17) is 0 Å².